The number of carbonyl (C=O) groups excluding carboxylic acids is 5. The van der Waals surface area contributed by atoms with Crippen LogP contribution in [-0.2, 0) is 26.2 Å². The topological polar surface area (TPSA) is 270 Å². The second-order valence-corrected chi connectivity index (χ2v) is 17.0. The number of benzene rings is 2. The molecule has 366 valence electrons. The number of ether oxygens (including phenoxy) is 2. The number of allylic oxidation sites excluding steroid dienone is 2. The molecule has 6 heterocycles. The highest BCUT2D eigenvalue weighted by molar-refractivity contribution is 6.05. The highest BCUT2D eigenvalue weighted by Gasteiger charge is 2.27. The van der Waals surface area contributed by atoms with Gasteiger partial charge in [-0.15, -0.1) is 0 Å². The number of primary amides is 2. The van der Waals surface area contributed by atoms with Crippen molar-refractivity contribution in [1.29, 1.82) is 0 Å². The van der Waals surface area contributed by atoms with E-state index in [1.54, 1.807) is 44.5 Å². The first kappa shape index (κ1) is 48.3. The number of imidazole rings is 2. The monoisotopic (exact) mass is 955 g/mol. The number of amides is 6. The molecule has 0 radical (unpaired) electrons. The van der Waals surface area contributed by atoms with Crippen LogP contribution in [0.3, 0.4) is 0 Å². The molecule has 0 spiro atoms. The average molecular weight is 956 g/mol. The molecule has 4 aromatic heterocycles. The normalized spacial score (nSPS) is 14.2. The first-order valence-corrected chi connectivity index (χ1v) is 23.2. The summed E-state index contributed by atoms with van der Waals surface area (Å²) < 4.78 is 18.7. The van der Waals surface area contributed by atoms with Crippen molar-refractivity contribution in [2.75, 3.05) is 63.6 Å². The van der Waals surface area contributed by atoms with Crippen LogP contribution >= 0.6 is 0 Å². The molecule has 2 aromatic carbocycles. The zero-order chi connectivity index (χ0) is 49.6. The third kappa shape index (κ3) is 10.3. The van der Waals surface area contributed by atoms with Crippen LogP contribution in [0.1, 0.15) is 79.8 Å². The van der Waals surface area contributed by atoms with E-state index in [0.717, 1.165) is 25.9 Å². The fourth-order valence-electron chi connectivity index (χ4n) is 8.76. The van der Waals surface area contributed by atoms with E-state index in [0.29, 0.717) is 89.9 Å². The van der Waals surface area contributed by atoms with Gasteiger partial charge in [-0.1, -0.05) is 24.0 Å². The van der Waals surface area contributed by atoms with Crippen LogP contribution in [0, 0.1) is 31.6 Å². The molecule has 0 bridgehead atoms. The van der Waals surface area contributed by atoms with Gasteiger partial charge in [-0.3, -0.25) is 39.2 Å². The third-order valence-electron chi connectivity index (χ3n) is 12.2. The first-order chi connectivity index (χ1) is 33.8. The van der Waals surface area contributed by atoms with Gasteiger partial charge in [-0.2, -0.15) is 10.2 Å². The Labute approximate surface area is 403 Å². The molecule has 2 fully saturated rings. The highest BCUT2D eigenvalue weighted by atomic mass is 16.5. The molecular weight excluding hydrogens is 899 g/mol. The minimum absolute atomic E-state index is 0.0327. The van der Waals surface area contributed by atoms with Crippen molar-refractivity contribution in [3.05, 3.63) is 82.5 Å². The Morgan fingerprint density at radius 3 is 1.70 bits per heavy atom. The van der Waals surface area contributed by atoms with E-state index in [1.807, 2.05) is 35.8 Å². The minimum Gasteiger partial charge on any atom is -0.494 e. The van der Waals surface area contributed by atoms with E-state index in [4.69, 9.17) is 30.9 Å². The molecule has 0 unspecified atom stereocenters. The molecule has 6 amide bonds. The van der Waals surface area contributed by atoms with E-state index in [2.05, 4.69) is 38.0 Å². The second-order valence-electron chi connectivity index (χ2n) is 17.0. The molecule has 0 saturated carbocycles. The number of nitrogens with one attached hydrogen (secondary N) is 3. The lowest BCUT2D eigenvalue weighted by Gasteiger charge is -2.36. The predicted octanol–water partition coefficient (Wildman–Crippen LogP) is 3.52. The molecule has 0 atom stereocenters. The van der Waals surface area contributed by atoms with Crippen LogP contribution < -0.4 is 36.9 Å². The third-order valence-corrected chi connectivity index (χ3v) is 12.2. The van der Waals surface area contributed by atoms with Crippen molar-refractivity contribution in [3.63, 3.8) is 0 Å². The molecule has 7 N–H and O–H groups in total. The molecule has 6 aromatic rings. The summed E-state index contributed by atoms with van der Waals surface area (Å²) in [6, 6.07) is 9.54. The number of anilines is 2. The van der Waals surface area contributed by atoms with Gasteiger partial charge < -0.3 is 45.2 Å². The zero-order valence-electron chi connectivity index (χ0n) is 39.9. The lowest BCUT2D eigenvalue weighted by atomic mass is 9.98. The number of methoxy groups -OCH3 is 1. The van der Waals surface area contributed by atoms with Gasteiger partial charge in [0, 0.05) is 82.5 Å². The standard InChI is InChI=1S/C48H57N15O7/c1-6-62-36(23-29(3)56-62)44(66)54-46-52-34-25-32(42(49)64)27-38(69-5)40(34)60(46)16-8-9-17-61-41-35(53-47(61)55-45(67)37-24-30(4)57-63(37)7-2)26-33(43(50)65)28-39(41)70-22-10-11-31-12-18-58(19-13-31)48(68)59-20-14-51-15-21-59/h8-9,23-28,31,51H,6-7,12-22H2,1-5H3,(H2,49,64)(H2,50,65)(H,52,54,66)(H,53,55,67)/b9-8+. The van der Waals surface area contributed by atoms with E-state index in [-0.39, 0.29) is 60.4 Å². The van der Waals surface area contributed by atoms with Crippen molar-refractivity contribution in [2.45, 2.75) is 66.7 Å². The van der Waals surface area contributed by atoms with Gasteiger partial charge in [0.25, 0.3) is 11.8 Å². The summed E-state index contributed by atoms with van der Waals surface area (Å²) in [5.41, 5.74) is 15.4. The Kier molecular flexibility index (Phi) is 14.5. The first-order valence-electron chi connectivity index (χ1n) is 23.2. The van der Waals surface area contributed by atoms with Crippen molar-refractivity contribution >= 4 is 63.6 Å². The Morgan fingerprint density at radius 1 is 0.729 bits per heavy atom. The number of rotatable bonds is 15. The van der Waals surface area contributed by atoms with Gasteiger partial charge in [0.05, 0.1) is 29.5 Å². The zero-order valence-corrected chi connectivity index (χ0v) is 39.9. The number of aryl methyl sites for hydroxylation is 4. The van der Waals surface area contributed by atoms with Gasteiger partial charge in [0.2, 0.25) is 23.7 Å². The number of fused-ring (bicyclic) bond motifs is 2. The van der Waals surface area contributed by atoms with Crippen LogP contribution in [0.15, 0.2) is 48.6 Å². The summed E-state index contributed by atoms with van der Waals surface area (Å²) in [5, 5.41) is 18.0. The number of carbonyl (C=O) groups is 5. The fourth-order valence-corrected chi connectivity index (χ4v) is 8.76. The number of hydrogen-bond donors (Lipinski definition) is 5. The molecule has 22 heteroatoms. The van der Waals surface area contributed by atoms with Gasteiger partial charge in [-0.05, 0) is 76.9 Å². The number of piperidine rings is 1. The van der Waals surface area contributed by atoms with Gasteiger partial charge in [-0.25, -0.2) is 14.8 Å². The maximum absolute atomic E-state index is 13.9. The van der Waals surface area contributed by atoms with Gasteiger partial charge in [0.15, 0.2) is 0 Å². The highest BCUT2D eigenvalue weighted by Crippen LogP contribution is 2.33. The summed E-state index contributed by atoms with van der Waals surface area (Å²) in [5.74, 6) is 5.12. The van der Waals surface area contributed by atoms with Crippen LogP contribution in [0.25, 0.3) is 22.1 Å². The fraction of sp³-hybridized carbons (Fsp3) is 0.396. The summed E-state index contributed by atoms with van der Waals surface area (Å²) in [6.45, 7) is 12.7. The molecule has 0 aliphatic carbocycles. The van der Waals surface area contributed by atoms with Gasteiger partial charge >= 0.3 is 6.03 Å². The SMILES string of the molecule is CCn1nc(C)cc1C(=O)Nc1nc2cc(C(N)=O)cc(OC)c2n1C/C=C/Cn1c(NC(=O)c2cc(C)nn2CC)nc2cc(C(N)=O)cc(OCC#CC3CCN(C(=O)N4CCNCC4)CC3)c21. The Bertz CT molecular complexity index is 3080. The van der Waals surface area contributed by atoms with Crippen LogP contribution in [-0.4, -0.2) is 131 Å². The molecule has 2 saturated heterocycles. The Hall–Kier alpha value is -8.19. The lowest BCUT2D eigenvalue weighted by molar-refractivity contribution is 0.0991. The molecule has 70 heavy (non-hydrogen) atoms. The van der Waals surface area contributed by atoms with Crippen molar-refractivity contribution < 1.29 is 33.4 Å². The number of nitrogens with two attached hydrogens (primary N) is 2. The van der Waals surface area contributed by atoms with Crippen LogP contribution in [0.5, 0.6) is 11.5 Å². The van der Waals surface area contributed by atoms with E-state index >= 15 is 0 Å². The predicted molar refractivity (Wildman–Crippen MR) is 261 cm³/mol. The number of nitrogens with zero attached hydrogens (tertiary/aromatic N) is 10. The van der Waals surface area contributed by atoms with E-state index in [9.17, 15) is 24.0 Å². The summed E-state index contributed by atoms with van der Waals surface area (Å²) in [6.07, 6.45) is 5.13. The number of hydrogen-bond acceptors (Lipinski definition) is 12. The second kappa shape index (κ2) is 21.0. The summed E-state index contributed by atoms with van der Waals surface area (Å²) >= 11 is 0. The van der Waals surface area contributed by atoms with Crippen molar-refractivity contribution in [3.8, 4) is 23.3 Å². The number of urea groups is 1. The molecule has 22 nitrogen and oxygen atoms in total. The van der Waals surface area contributed by atoms with Gasteiger partial charge in [0.1, 0.15) is 40.5 Å². The molecule has 2 aliphatic heterocycles. The van der Waals surface area contributed by atoms with Crippen molar-refractivity contribution in [2.24, 2.45) is 17.4 Å². The maximum Gasteiger partial charge on any atom is 0.320 e. The average Bonchev–Trinajstić information content (AvgIpc) is 4.13. The maximum atomic E-state index is 13.9. The number of piperazine rings is 1. The summed E-state index contributed by atoms with van der Waals surface area (Å²) in [4.78, 5) is 79.0. The largest absolute Gasteiger partial charge is 0.494 e. The summed E-state index contributed by atoms with van der Waals surface area (Å²) in [7, 11) is 1.46. The lowest BCUT2D eigenvalue weighted by Crippen LogP contribution is -2.53. The smallest absolute Gasteiger partial charge is 0.320 e. The molecular formula is C48H57N15O7. The Balaban J connectivity index is 1.10. The van der Waals surface area contributed by atoms with E-state index in [1.165, 1.54) is 31.4 Å². The molecule has 8 rings (SSSR count). The van der Waals surface area contributed by atoms with E-state index < -0.39 is 23.6 Å². The van der Waals surface area contributed by atoms with Crippen LogP contribution in [0.2, 0.25) is 0 Å². The Morgan fingerprint density at radius 2 is 1.21 bits per heavy atom. The number of likely N-dealkylation sites (tertiary alicyclic amines) is 1. The van der Waals surface area contributed by atoms with Crippen molar-refractivity contribution in [1.82, 2.24) is 53.8 Å². The minimum atomic E-state index is -0.703. The quantitative estimate of drug-likeness (QED) is 0.0731. The van der Waals surface area contributed by atoms with Crippen LogP contribution in [0.4, 0.5) is 16.7 Å². The molecule has 2 aliphatic rings. The number of aromatic nitrogens is 8.